The lowest BCUT2D eigenvalue weighted by Crippen LogP contribution is -2.53. The van der Waals surface area contributed by atoms with Gasteiger partial charge in [-0.2, -0.15) is 0 Å². The molecule has 23 heavy (non-hydrogen) atoms. The Labute approximate surface area is 146 Å². The van der Waals surface area contributed by atoms with Gasteiger partial charge in [-0.1, -0.05) is 20.8 Å². The minimum Gasteiger partial charge on any atom is -0.466 e. The van der Waals surface area contributed by atoms with Gasteiger partial charge in [0.15, 0.2) is 8.32 Å². The van der Waals surface area contributed by atoms with Crippen molar-refractivity contribution in [2.45, 2.75) is 77.8 Å². The van der Waals surface area contributed by atoms with Crippen LogP contribution in [-0.2, 0) is 14.0 Å². The number of ether oxygens (including phenoxy) is 1. The minimum atomic E-state index is -1.49. The molecule has 0 saturated heterocycles. The average molecular weight is 362 g/mol. The van der Waals surface area contributed by atoms with E-state index in [9.17, 15) is 4.79 Å². The molecule has 0 fully saturated rings. The normalized spacial score (nSPS) is 12.7. The van der Waals surface area contributed by atoms with Gasteiger partial charge in [-0.25, -0.2) is 0 Å². The molecule has 0 radical (unpaired) electrons. The molecule has 0 spiro atoms. The third kappa shape index (κ3) is 7.96. The minimum absolute atomic E-state index is 0.0599. The summed E-state index contributed by atoms with van der Waals surface area (Å²) >= 11 is 0. The van der Waals surface area contributed by atoms with E-state index in [0.717, 1.165) is 13.1 Å². The number of hydrogen-bond acceptors (Lipinski definition) is 4. The highest BCUT2D eigenvalue weighted by molar-refractivity contribution is 6.77. The van der Waals surface area contributed by atoms with Crippen molar-refractivity contribution in [1.82, 2.24) is 4.57 Å². The van der Waals surface area contributed by atoms with E-state index in [0.29, 0.717) is 13.0 Å². The monoisotopic (exact) mass is 361 g/mol. The molecule has 0 amide bonds. The highest BCUT2D eigenvalue weighted by Crippen LogP contribution is 2.26. The first-order chi connectivity index (χ1) is 10.8. The van der Waals surface area contributed by atoms with E-state index < -0.39 is 16.6 Å². The summed E-state index contributed by atoms with van der Waals surface area (Å²) in [5, 5.41) is 0. The number of carbonyl (C=O) groups excluding carboxylic acids is 1. The Hall–Kier alpha value is -0.176. The van der Waals surface area contributed by atoms with Crippen LogP contribution in [0.4, 0.5) is 0 Å². The molecular weight excluding hydrogens is 322 g/mol. The van der Waals surface area contributed by atoms with Gasteiger partial charge in [-0.05, 0) is 57.2 Å². The number of rotatable bonds is 13. The van der Waals surface area contributed by atoms with Crippen LogP contribution in [0.1, 0.15) is 40.5 Å². The molecule has 0 aromatic heterocycles. The molecule has 0 N–H and O–H groups in total. The maximum atomic E-state index is 11.8. The van der Waals surface area contributed by atoms with Crippen LogP contribution in [0.15, 0.2) is 0 Å². The average Bonchev–Trinajstić information content (AvgIpc) is 2.54. The van der Waals surface area contributed by atoms with Crippen LogP contribution < -0.4 is 0 Å². The van der Waals surface area contributed by atoms with E-state index in [1.807, 2.05) is 14.0 Å². The number of nitrogens with zero attached hydrogens (tertiary/aromatic N) is 1. The second kappa shape index (κ2) is 11.4. The Morgan fingerprint density at radius 2 is 1.57 bits per heavy atom. The molecule has 0 unspecified atom stereocenters. The van der Waals surface area contributed by atoms with Crippen LogP contribution in [0.25, 0.3) is 0 Å². The fraction of sp³-hybridized carbons (Fsp3) is 0.941. The summed E-state index contributed by atoms with van der Waals surface area (Å²) in [6, 6.07) is 4.96. The summed E-state index contributed by atoms with van der Waals surface area (Å²) in [7, 11) is -1.10. The third-order valence-corrected chi connectivity index (χ3v) is 13.7. The van der Waals surface area contributed by atoms with Gasteiger partial charge in [0.2, 0.25) is 0 Å². The van der Waals surface area contributed by atoms with E-state index in [2.05, 4.69) is 38.4 Å². The number of hydrogen-bond donors (Lipinski definition) is 0. The van der Waals surface area contributed by atoms with E-state index in [1.54, 1.807) is 0 Å². The highest BCUT2D eigenvalue weighted by atomic mass is 28.4. The molecule has 0 saturated carbocycles. The zero-order chi connectivity index (χ0) is 17.9. The van der Waals surface area contributed by atoms with Crippen molar-refractivity contribution in [3.8, 4) is 0 Å². The Morgan fingerprint density at radius 1 is 1.00 bits per heavy atom. The van der Waals surface area contributed by atoms with Gasteiger partial charge in [0, 0.05) is 13.7 Å². The van der Waals surface area contributed by atoms with E-state index in [4.69, 9.17) is 9.16 Å². The van der Waals surface area contributed by atoms with Crippen LogP contribution in [0, 0.1) is 0 Å². The van der Waals surface area contributed by atoms with E-state index in [-0.39, 0.29) is 5.97 Å². The van der Waals surface area contributed by atoms with Crippen LogP contribution in [0.5, 0.6) is 0 Å². The van der Waals surface area contributed by atoms with Crippen LogP contribution in [-0.4, -0.2) is 53.9 Å². The summed E-state index contributed by atoms with van der Waals surface area (Å²) in [5.74, 6) is -0.0599. The standard InChI is InChI=1S/C17H39NO3Si2/c1-8-21-17(19)13-15-18(23(9-2,10-3)11-4)14-12-16-22(6,7)20-5/h8-16H2,1-7H3. The Bertz CT molecular complexity index is 326. The van der Waals surface area contributed by atoms with Crippen LogP contribution in [0.3, 0.4) is 0 Å². The topological polar surface area (TPSA) is 38.8 Å². The molecule has 0 aromatic carbocycles. The Balaban J connectivity index is 4.82. The lowest BCUT2D eigenvalue weighted by molar-refractivity contribution is -0.143. The first-order valence-electron chi connectivity index (χ1n) is 9.26. The van der Waals surface area contributed by atoms with Gasteiger partial charge in [0.05, 0.1) is 13.0 Å². The highest BCUT2D eigenvalue weighted by Gasteiger charge is 2.34. The summed E-state index contributed by atoms with van der Waals surface area (Å²) in [4.78, 5) is 11.8. The van der Waals surface area contributed by atoms with E-state index in [1.165, 1.54) is 30.6 Å². The lowest BCUT2D eigenvalue weighted by Gasteiger charge is -2.41. The van der Waals surface area contributed by atoms with E-state index >= 15 is 0 Å². The molecular formula is C17H39NO3Si2. The maximum absolute atomic E-state index is 11.8. The third-order valence-electron chi connectivity index (χ3n) is 5.30. The van der Waals surface area contributed by atoms with Crippen molar-refractivity contribution >= 4 is 22.5 Å². The Morgan fingerprint density at radius 3 is 2.00 bits per heavy atom. The largest absolute Gasteiger partial charge is 0.466 e. The molecule has 0 aliphatic rings. The molecule has 0 rings (SSSR count). The van der Waals surface area contributed by atoms with Crippen LogP contribution >= 0.6 is 0 Å². The first-order valence-corrected chi connectivity index (χ1v) is 14.9. The van der Waals surface area contributed by atoms with Gasteiger partial charge < -0.3 is 13.7 Å². The molecule has 4 nitrogen and oxygen atoms in total. The van der Waals surface area contributed by atoms with Crippen LogP contribution in [0.2, 0.25) is 37.3 Å². The summed E-state index contributed by atoms with van der Waals surface area (Å²) in [6.07, 6.45) is 1.69. The molecule has 6 heteroatoms. The zero-order valence-corrected chi connectivity index (χ0v) is 18.5. The first kappa shape index (κ1) is 22.8. The second-order valence-electron chi connectivity index (χ2n) is 6.89. The van der Waals surface area contributed by atoms with Gasteiger partial charge in [0.1, 0.15) is 8.24 Å². The lowest BCUT2D eigenvalue weighted by atomic mass is 10.4. The molecule has 0 aromatic rings. The summed E-state index contributed by atoms with van der Waals surface area (Å²) in [5.41, 5.74) is 0. The molecule has 0 bridgehead atoms. The van der Waals surface area contributed by atoms with Crippen molar-refractivity contribution in [3.63, 3.8) is 0 Å². The SMILES string of the molecule is CCOC(=O)CCN(CCC[Si](C)(C)OC)[Si](CC)(CC)CC. The predicted octanol–water partition coefficient (Wildman–Crippen LogP) is 4.49. The molecule has 0 aliphatic carbocycles. The summed E-state index contributed by atoms with van der Waals surface area (Å²) < 4.78 is 13.5. The summed E-state index contributed by atoms with van der Waals surface area (Å²) in [6.45, 7) is 15.8. The van der Waals surface area contributed by atoms with Crippen molar-refractivity contribution in [2.75, 3.05) is 26.8 Å². The van der Waals surface area contributed by atoms with Crippen molar-refractivity contribution < 1.29 is 14.0 Å². The van der Waals surface area contributed by atoms with Crippen molar-refractivity contribution in [2.24, 2.45) is 0 Å². The second-order valence-corrected chi connectivity index (χ2v) is 16.5. The quantitative estimate of drug-likeness (QED) is 0.358. The molecule has 0 atom stereocenters. The zero-order valence-electron chi connectivity index (χ0n) is 16.5. The van der Waals surface area contributed by atoms with Gasteiger partial charge >= 0.3 is 5.97 Å². The van der Waals surface area contributed by atoms with Gasteiger partial charge in [-0.3, -0.25) is 4.79 Å². The van der Waals surface area contributed by atoms with Crippen molar-refractivity contribution in [3.05, 3.63) is 0 Å². The fourth-order valence-electron chi connectivity index (χ4n) is 3.26. The van der Waals surface area contributed by atoms with Gasteiger partial charge in [-0.15, -0.1) is 0 Å². The maximum Gasteiger partial charge on any atom is 0.307 e. The fourth-order valence-corrected chi connectivity index (χ4v) is 8.54. The number of esters is 1. The molecule has 138 valence electrons. The van der Waals surface area contributed by atoms with Gasteiger partial charge in [0.25, 0.3) is 0 Å². The predicted molar refractivity (Wildman–Crippen MR) is 104 cm³/mol. The van der Waals surface area contributed by atoms with Crippen molar-refractivity contribution in [1.29, 1.82) is 0 Å². The molecule has 0 aliphatic heterocycles. The Kier molecular flexibility index (Phi) is 11.3. The smallest absolute Gasteiger partial charge is 0.307 e. The molecule has 0 heterocycles. The number of carbonyl (C=O) groups is 1.